The molecule has 11 heteroatoms. The van der Waals surface area contributed by atoms with E-state index in [-0.39, 0.29) is 22.6 Å². The number of hydrogen-bond acceptors (Lipinski definition) is 9. The van der Waals surface area contributed by atoms with Gasteiger partial charge in [-0.25, -0.2) is 0 Å². The number of ether oxygens (including phenoxy) is 2. The third kappa shape index (κ3) is 6.76. The first-order chi connectivity index (χ1) is 32.5. The SMILES string of the molecule is COc1ccc(C(=O)c2ccc(OC)cc2Op2oc3ccc4ccccc4c3c3c(ccc4ccccc43)o2)c(Op2oc3ccc4ccccc4c3c3c(ccc4ccccc43)o2)c1. The molecule has 0 aliphatic carbocycles. The van der Waals surface area contributed by atoms with Crippen LogP contribution >= 0.6 is 16.5 Å². The van der Waals surface area contributed by atoms with Gasteiger partial charge in [0.05, 0.1) is 25.3 Å². The van der Waals surface area contributed by atoms with Crippen LogP contribution in [0.5, 0.6) is 23.0 Å². The van der Waals surface area contributed by atoms with Crippen LogP contribution in [-0.4, -0.2) is 20.0 Å². The third-order valence-electron chi connectivity index (χ3n) is 12.0. The first-order valence-corrected chi connectivity index (χ1v) is 23.4. The molecule has 0 radical (unpaired) electrons. The average molecular weight is 903 g/mol. The second-order valence-electron chi connectivity index (χ2n) is 15.7. The Balaban J connectivity index is 1.01. The molecule has 12 aromatic rings. The van der Waals surface area contributed by atoms with Gasteiger partial charge in [-0.3, -0.25) is 4.79 Å². The van der Waals surface area contributed by atoms with E-state index in [0.717, 1.165) is 64.6 Å². The van der Waals surface area contributed by atoms with E-state index in [2.05, 4.69) is 48.5 Å². The molecule has 0 N–H and O–H groups in total. The number of carbonyl (C=O) groups excluding carboxylic acids is 1. The first-order valence-electron chi connectivity index (χ1n) is 21.2. The normalized spacial score (nSPS) is 11.5. The van der Waals surface area contributed by atoms with Gasteiger partial charge >= 0.3 is 16.5 Å². The summed E-state index contributed by atoms with van der Waals surface area (Å²) in [5, 5.41) is 11.8. The Morgan fingerprint density at radius 1 is 0.379 bits per heavy atom. The lowest BCUT2D eigenvalue weighted by Crippen LogP contribution is -2.05. The van der Waals surface area contributed by atoms with Gasteiger partial charge < -0.3 is 35.3 Å². The fraction of sp³-hybridized carbons (Fsp3) is 0.0364. The molecule has 0 atom stereocenters. The Morgan fingerprint density at radius 2 is 0.682 bits per heavy atom. The molecule has 0 saturated carbocycles. The number of hydrogen-bond donors (Lipinski definition) is 0. The van der Waals surface area contributed by atoms with Crippen LogP contribution in [0.1, 0.15) is 15.9 Å². The zero-order valence-electron chi connectivity index (χ0n) is 35.4. The van der Waals surface area contributed by atoms with Crippen molar-refractivity contribution in [2.24, 2.45) is 0 Å². The molecule has 0 amide bonds. The second kappa shape index (κ2) is 16.2. The maximum Gasteiger partial charge on any atom is 0.453 e. The van der Waals surface area contributed by atoms with Crippen molar-refractivity contribution in [1.29, 1.82) is 0 Å². The summed E-state index contributed by atoms with van der Waals surface area (Å²) in [5.74, 6) is 0.907. The van der Waals surface area contributed by atoms with E-state index in [1.807, 2.05) is 97.1 Å². The quantitative estimate of drug-likeness (QED) is 0.138. The molecule has 320 valence electrons. The van der Waals surface area contributed by atoms with E-state index in [1.165, 1.54) is 0 Å². The molecule has 2 heterocycles. The maximum atomic E-state index is 15.1. The molecule has 9 nitrogen and oxygen atoms in total. The van der Waals surface area contributed by atoms with Crippen LogP contribution in [0.4, 0.5) is 0 Å². The molecule has 0 bridgehead atoms. The lowest BCUT2D eigenvalue weighted by molar-refractivity contribution is 0.103. The van der Waals surface area contributed by atoms with Gasteiger partial charge in [0.25, 0.3) is 0 Å². The summed E-state index contributed by atoms with van der Waals surface area (Å²) in [6.45, 7) is 0. The Labute approximate surface area is 378 Å². The Hall–Kier alpha value is -8.09. The minimum atomic E-state index is -2.19. The predicted molar refractivity (Wildman–Crippen MR) is 264 cm³/mol. The average Bonchev–Trinajstić information content (AvgIpc) is 3.64. The Bertz CT molecular complexity index is 3570. The largest absolute Gasteiger partial charge is 0.497 e. The molecule has 12 rings (SSSR count). The van der Waals surface area contributed by atoms with Crippen molar-refractivity contribution < 1.29 is 40.1 Å². The number of ketones is 1. The summed E-state index contributed by atoms with van der Waals surface area (Å²) in [6, 6.07) is 58.7. The van der Waals surface area contributed by atoms with Gasteiger partial charge in [-0.05, 0) is 91.6 Å². The molecule has 0 fully saturated rings. The van der Waals surface area contributed by atoms with Gasteiger partial charge in [0.2, 0.25) is 5.78 Å². The van der Waals surface area contributed by atoms with Crippen LogP contribution in [0.15, 0.2) is 199 Å². The van der Waals surface area contributed by atoms with Gasteiger partial charge in [0, 0.05) is 33.7 Å². The van der Waals surface area contributed by atoms with Crippen LogP contribution in [-0.2, 0) is 0 Å². The minimum Gasteiger partial charge on any atom is -0.497 e. The van der Waals surface area contributed by atoms with Crippen LogP contribution in [0.25, 0.3) is 87.0 Å². The second-order valence-corrected chi connectivity index (χ2v) is 17.7. The molecule has 0 aliphatic rings. The van der Waals surface area contributed by atoms with Crippen molar-refractivity contribution in [3.63, 3.8) is 0 Å². The number of benzene rings is 10. The molecule has 2 aromatic heterocycles. The van der Waals surface area contributed by atoms with Gasteiger partial charge in [-0.2, -0.15) is 0 Å². The van der Waals surface area contributed by atoms with E-state index in [9.17, 15) is 0 Å². The highest BCUT2D eigenvalue weighted by atomic mass is 31.1. The molecular weight excluding hydrogens is 867 g/mol. The summed E-state index contributed by atoms with van der Waals surface area (Å²) in [4.78, 5) is 15.1. The van der Waals surface area contributed by atoms with Crippen molar-refractivity contribution >= 4 is 109 Å². The minimum absolute atomic E-state index is 0.188. The molecule has 0 spiro atoms. The zero-order chi connectivity index (χ0) is 44.3. The van der Waals surface area contributed by atoms with Crippen LogP contribution < -0.4 is 18.5 Å². The monoisotopic (exact) mass is 902 g/mol. The number of carbonyl (C=O) groups is 1. The lowest BCUT2D eigenvalue weighted by Gasteiger charge is -2.13. The summed E-state index contributed by atoms with van der Waals surface area (Å²) in [7, 11) is -1.27. The fourth-order valence-electron chi connectivity index (χ4n) is 8.87. The van der Waals surface area contributed by atoms with E-state index in [1.54, 1.807) is 50.6 Å². The lowest BCUT2D eigenvalue weighted by atomic mass is 9.99. The summed E-state index contributed by atoms with van der Waals surface area (Å²) >= 11 is 0. The van der Waals surface area contributed by atoms with E-state index >= 15 is 4.79 Å². The van der Waals surface area contributed by atoms with Crippen LogP contribution in [0.3, 0.4) is 0 Å². The molecule has 0 aliphatic heterocycles. The summed E-state index contributed by atoms with van der Waals surface area (Å²) < 4.78 is 51.5. The highest BCUT2D eigenvalue weighted by molar-refractivity contribution is 7.32. The van der Waals surface area contributed by atoms with Crippen molar-refractivity contribution in [2.75, 3.05) is 14.2 Å². The molecule has 66 heavy (non-hydrogen) atoms. The van der Waals surface area contributed by atoms with Gasteiger partial charge in [0.15, 0.2) is 11.5 Å². The first kappa shape index (κ1) is 39.5. The van der Waals surface area contributed by atoms with E-state index in [0.29, 0.717) is 33.8 Å². The van der Waals surface area contributed by atoms with Crippen molar-refractivity contribution in [3.05, 3.63) is 193 Å². The number of methoxy groups -OCH3 is 2. The summed E-state index contributed by atoms with van der Waals surface area (Å²) in [6.07, 6.45) is 0. The summed E-state index contributed by atoms with van der Waals surface area (Å²) in [5.41, 5.74) is 2.79. The maximum absolute atomic E-state index is 15.1. The predicted octanol–water partition coefficient (Wildman–Crippen LogP) is 16.4. The van der Waals surface area contributed by atoms with E-state index in [4.69, 9.17) is 35.3 Å². The Kier molecular flexibility index (Phi) is 9.67. The van der Waals surface area contributed by atoms with Crippen LogP contribution in [0.2, 0.25) is 0 Å². The van der Waals surface area contributed by atoms with E-state index < -0.39 is 22.3 Å². The van der Waals surface area contributed by atoms with Crippen molar-refractivity contribution in [2.45, 2.75) is 0 Å². The highest BCUT2D eigenvalue weighted by Gasteiger charge is 2.25. The van der Waals surface area contributed by atoms with Crippen LogP contribution in [0, 0.1) is 0 Å². The highest BCUT2D eigenvalue weighted by Crippen LogP contribution is 2.46. The molecule has 0 unspecified atom stereocenters. The van der Waals surface area contributed by atoms with Gasteiger partial charge in [-0.1, -0.05) is 121 Å². The molecular formula is C55H36O9P2. The third-order valence-corrected chi connectivity index (χ3v) is 14.0. The fourth-order valence-corrected chi connectivity index (χ4v) is 11.0. The zero-order valence-corrected chi connectivity index (χ0v) is 37.2. The van der Waals surface area contributed by atoms with Crippen molar-refractivity contribution in [3.8, 4) is 23.0 Å². The molecule has 0 saturated heterocycles. The van der Waals surface area contributed by atoms with Gasteiger partial charge in [0.1, 0.15) is 33.8 Å². The van der Waals surface area contributed by atoms with Crippen molar-refractivity contribution in [1.82, 2.24) is 0 Å². The smallest absolute Gasteiger partial charge is 0.453 e. The number of fused-ring (bicyclic) bond motifs is 14. The Morgan fingerprint density at radius 3 is 0.985 bits per heavy atom. The van der Waals surface area contributed by atoms with Gasteiger partial charge in [-0.15, -0.1) is 0 Å². The standard InChI is InChI=1S/C55H36O9P2/c1-57-37-23-25-43(49(31-37)63-65-59-45-27-19-33-11-3-7-15-39(33)51(45)52-40-16-8-4-12-34(40)20-28-46(52)60-65)55(56)44-26-24-38(58-2)32-50(44)64-66-61-47-29-21-35-13-5-9-17-41(35)53(47)54-42-18-10-6-14-36(42)22-30-48(54)62-66/h3-32H,1-2H3. The topological polar surface area (TPSA) is 107 Å². The molecule has 10 aromatic carbocycles. The number of rotatable bonds is 8.